The predicted molar refractivity (Wildman–Crippen MR) is 234 cm³/mol. The molecule has 0 bridgehead atoms. The lowest BCUT2D eigenvalue weighted by Crippen LogP contribution is -2.00. The zero-order valence-corrected chi connectivity index (χ0v) is 28.5. The third-order valence-corrected chi connectivity index (χ3v) is 9.33. The molecule has 11 aromatic rings. The summed E-state index contributed by atoms with van der Waals surface area (Å²) in [5, 5.41) is -1.66. The molecule has 0 fully saturated rings. The van der Waals surface area contributed by atoms with Crippen molar-refractivity contribution in [2.75, 3.05) is 0 Å². The van der Waals surface area contributed by atoms with E-state index in [9.17, 15) is 12.3 Å². The van der Waals surface area contributed by atoms with Crippen molar-refractivity contribution >= 4 is 53.3 Å². The van der Waals surface area contributed by atoms with Crippen molar-refractivity contribution in [2.24, 2.45) is 0 Å². The molecule has 3 aromatic heterocycles. The van der Waals surface area contributed by atoms with E-state index in [0.717, 1.165) is 4.57 Å². The number of hydrogen-bond donors (Lipinski definition) is 0. The van der Waals surface area contributed by atoms with E-state index in [1.54, 1.807) is 0 Å². The van der Waals surface area contributed by atoms with Crippen LogP contribution in [0.2, 0.25) is 0 Å². The maximum Gasteiger partial charge on any atom is 0.164 e. The van der Waals surface area contributed by atoms with E-state index in [4.69, 9.17) is 31.5 Å². The number of fused-ring (bicyclic) bond motifs is 6. The standard InChI is InChI=1S/C51H32N4S/c1-3-12-33(13-4-1)38-27-29-47-44(31-38)43-28-26-39(32-48(43)56-47)51-53-49(35-14-5-2-6-15-35)52-50(54-51)36-24-22-34(23-25-36)37-16-11-17-40(30-37)55-45-20-9-7-18-41(45)42-19-8-10-21-46(42)55/h1-32H/i1D,2D,3D,4D,5D,6D,7D,8D,9D,10D,11D,12D,13D,14D,15D,16D,17D,18D,19D,20D,21D,22D,23D,24D,25D,26D,27D,28D,29D,30D,31D,32D. The summed E-state index contributed by atoms with van der Waals surface area (Å²) < 4.78 is 285. The molecule has 0 aliphatic carbocycles. The van der Waals surface area contributed by atoms with Gasteiger partial charge in [-0.05, 0) is 64.6 Å². The van der Waals surface area contributed by atoms with Gasteiger partial charge in [-0.15, -0.1) is 11.3 Å². The molecule has 4 nitrogen and oxygen atoms in total. The summed E-state index contributed by atoms with van der Waals surface area (Å²) in [6.45, 7) is 0. The van der Waals surface area contributed by atoms with Gasteiger partial charge in [0.15, 0.2) is 17.5 Å². The van der Waals surface area contributed by atoms with Gasteiger partial charge in [-0.2, -0.15) is 0 Å². The van der Waals surface area contributed by atoms with Crippen LogP contribution in [0.1, 0.15) is 43.9 Å². The molecule has 8 aromatic carbocycles. The Kier molecular flexibility index (Phi) is 3.20. The first-order valence-electron chi connectivity index (χ1n) is 32.2. The van der Waals surface area contributed by atoms with Crippen LogP contribution < -0.4 is 0 Å². The SMILES string of the molecule is [2H]c1c([2H])c([2H])c(-c2nc(-c3c([2H])c([2H])c(-c4c([2H])c([2H])c([2H])c(-n5c6c([2H])c([2H])c([2H])c([2H])c6c6c([2H])c([2H])c([2H])c([2H])c65)c4[2H])c([2H])c3[2H])nc(-c3c([2H])c([2H])c4c(sc5c([2H])c([2H])c(-c6c([2H])c([2H])c([2H])c([2H])c6[2H])c([2H])c54)c3[2H])n2)c([2H])c1[2H]. The van der Waals surface area contributed by atoms with Crippen molar-refractivity contribution in [2.45, 2.75) is 0 Å². The molecule has 0 saturated heterocycles. The first-order valence-corrected chi connectivity index (χ1v) is 17.0. The molecule has 3 heterocycles. The normalized spacial score (nSPS) is 19.6. The van der Waals surface area contributed by atoms with E-state index in [-0.39, 0.29) is 20.2 Å². The van der Waals surface area contributed by atoms with E-state index >= 15 is 0 Å². The summed E-state index contributed by atoms with van der Waals surface area (Å²) in [5.74, 6) is -2.62. The fraction of sp³-hybridized carbons (Fsp3) is 0. The molecule has 11 rings (SSSR count). The van der Waals surface area contributed by atoms with E-state index in [1.807, 2.05) is 0 Å². The van der Waals surface area contributed by atoms with Crippen molar-refractivity contribution in [1.82, 2.24) is 19.5 Å². The van der Waals surface area contributed by atoms with Gasteiger partial charge in [-0.3, -0.25) is 0 Å². The highest BCUT2D eigenvalue weighted by Crippen LogP contribution is 2.39. The Morgan fingerprint density at radius 3 is 1.54 bits per heavy atom. The Balaban J connectivity index is 1.20. The second-order valence-corrected chi connectivity index (χ2v) is 12.6. The first-order chi connectivity index (χ1) is 41.1. The largest absolute Gasteiger partial charge is 0.309 e. The summed E-state index contributed by atoms with van der Waals surface area (Å²) >= 11 is 0.574. The summed E-state index contributed by atoms with van der Waals surface area (Å²) in [6, 6.07) is -28.8. The molecular formula is C51H32N4S. The minimum absolute atomic E-state index is 0.218. The number of rotatable bonds is 6. The van der Waals surface area contributed by atoms with Gasteiger partial charge in [0.05, 0.1) is 54.9 Å². The number of nitrogens with zero attached hydrogens (tertiary/aromatic N) is 4. The van der Waals surface area contributed by atoms with Crippen LogP contribution in [0.3, 0.4) is 0 Å². The van der Waals surface area contributed by atoms with E-state index in [1.165, 1.54) is 0 Å². The van der Waals surface area contributed by atoms with Gasteiger partial charge in [0.25, 0.3) is 0 Å². The molecule has 0 aliphatic rings. The number of aromatic nitrogens is 4. The molecule has 0 atom stereocenters. The second kappa shape index (κ2) is 13.3. The molecule has 0 aliphatic heterocycles. The maximum atomic E-state index is 9.65. The van der Waals surface area contributed by atoms with Gasteiger partial charge < -0.3 is 4.57 Å². The van der Waals surface area contributed by atoms with Gasteiger partial charge in [-0.1, -0.05) is 151 Å². The number of thiophene rings is 1. The van der Waals surface area contributed by atoms with Crippen molar-refractivity contribution in [1.29, 1.82) is 0 Å². The highest BCUT2D eigenvalue weighted by molar-refractivity contribution is 7.25. The number of para-hydroxylation sites is 2. The van der Waals surface area contributed by atoms with Crippen LogP contribution in [0.15, 0.2) is 193 Å². The highest BCUT2D eigenvalue weighted by atomic mass is 32.1. The first kappa shape index (κ1) is 13.5. The third-order valence-electron chi connectivity index (χ3n) is 8.31. The Morgan fingerprint density at radius 2 is 0.839 bits per heavy atom. The monoisotopic (exact) mass is 764 g/mol. The van der Waals surface area contributed by atoms with Crippen molar-refractivity contribution < 1.29 is 43.9 Å². The molecule has 0 spiro atoms. The summed E-state index contributed by atoms with van der Waals surface area (Å²) in [4.78, 5) is 13.0. The third kappa shape index (κ3) is 5.56. The summed E-state index contributed by atoms with van der Waals surface area (Å²) in [7, 11) is 0. The molecule has 0 amide bonds. The Morgan fingerprint density at radius 1 is 0.339 bits per heavy atom. The zero-order valence-electron chi connectivity index (χ0n) is 59.7. The Labute approximate surface area is 372 Å². The lowest BCUT2D eigenvalue weighted by Gasteiger charge is -2.11. The van der Waals surface area contributed by atoms with Crippen LogP contribution in [0.25, 0.3) is 104 Å². The van der Waals surface area contributed by atoms with Crippen molar-refractivity contribution in [3.05, 3.63) is 193 Å². The van der Waals surface area contributed by atoms with Gasteiger partial charge in [0, 0.05) is 53.3 Å². The smallest absolute Gasteiger partial charge is 0.164 e. The van der Waals surface area contributed by atoms with E-state index < -0.39 is 277 Å². The molecule has 5 heteroatoms. The molecule has 0 radical (unpaired) electrons. The molecule has 0 saturated carbocycles. The fourth-order valence-corrected chi connectivity index (χ4v) is 6.81. The van der Waals surface area contributed by atoms with Crippen LogP contribution in [0.5, 0.6) is 0 Å². The average molecular weight is 765 g/mol. The van der Waals surface area contributed by atoms with Gasteiger partial charge >= 0.3 is 0 Å². The average Bonchev–Trinajstić information content (AvgIpc) is 1.54. The van der Waals surface area contributed by atoms with Crippen LogP contribution in [-0.2, 0) is 0 Å². The Bertz CT molecular complexity index is 4970. The van der Waals surface area contributed by atoms with Crippen molar-refractivity contribution in [3.63, 3.8) is 0 Å². The molecule has 0 N–H and O–H groups in total. The molecular weight excluding hydrogens is 701 g/mol. The maximum absolute atomic E-state index is 9.65. The lowest BCUT2D eigenvalue weighted by atomic mass is 10.0. The van der Waals surface area contributed by atoms with Crippen LogP contribution >= 0.6 is 11.3 Å². The fourth-order valence-electron chi connectivity index (χ4n) is 5.84. The van der Waals surface area contributed by atoms with Crippen molar-refractivity contribution in [3.8, 4) is 62.1 Å². The topological polar surface area (TPSA) is 43.6 Å². The quantitative estimate of drug-likeness (QED) is 0.169. The van der Waals surface area contributed by atoms with Crippen LogP contribution in [0, 0.1) is 0 Å². The van der Waals surface area contributed by atoms with Crippen LogP contribution in [-0.4, -0.2) is 19.5 Å². The Hall–Kier alpha value is -7.21. The molecule has 262 valence electrons. The van der Waals surface area contributed by atoms with E-state index in [0.29, 0.717) is 11.3 Å². The number of hydrogen-bond acceptors (Lipinski definition) is 4. The van der Waals surface area contributed by atoms with Gasteiger partial charge in [0.2, 0.25) is 0 Å². The number of benzene rings is 8. The molecule has 56 heavy (non-hydrogen) atoms. The summed E-state index contributed by atoms with van der Waals surface area (Å²) in [6.07, 6.45) is 0. The lowest BCUT2D eigenvalue weighted by molar-refractivity contribution is 1.07. The highest BCUT2D eigenvalue weighted by Gasteiger charge is 2.16. The van der Waals surface area contributed by atoms with E-state index in [2.05, 4.69) is 15.0 Å². The minimum atomic E-state index is -1.13. The van der Waals surface area contributed by atoms with Gasteiger partial charge in [0.1, 0.15) is 0 Å². The minimum Gasteiger partial charge on any atom is -0.309 e. The predicted octanol–water partition coefficient (Wildman–Crippen LogP) is 13.7. The molecule has 0 unspecified atom stereocenters. The zero-order chi connectivity index (χ0) is 64.9. The second-order valence-electron chi connectivity index (χ2n) is 11.6. The van der Waals surface area contributed by atoms with Gasteiger partial charge in [-0.25, -0.2) is 15.0 Å². The summed E-state index contributed by atoms with van der Waals surface area (Å²) in [5.41, 5.74) is -7.46. The van der Waals surface area contributed by atoms with Crippen LogP contribution in [0.4, 0.5) is 0 Å².